The molecule has 7 heteroatoms. The molecule has 1 atom stereocenters. The van der Waals surface area contributed by atoms with Gasteiger partial charge in [-0.05, 0) is 44.2 Å². The molecule has 1 aromatic carbocycles. The minimum Gasteiger partial charge on any atom is -0.340 e. The molecule has 3 rings (SSSR count). The van der Waals surface area contributed by atoms with Crippen molar-refractivity contribution in [1.29, 1.82) is 0 Å². The third-order valence-electron chi connectivity index (χ3n) is 4.79. The number of rotatable bonds is 3. The largest absolute Gasteiger partial charge is 0.340 e. The van der Waals surface area contributed by atoms with Crippen LogP contribution in [0, 0.1) is 13.8 Å². The number of aliphatic imine (C=N–C) groups is 1. The Balaban J connectivity index is 1.58. The van der Waals surface area contributed by atoms with Crippen LogP contribution in [0.2, 0.25) is 0 Å². The smallest absolute Gasteiger partial charge is 0.252 e. The van der Waals surface area contributed by atoms with Gasteiger partial charge in [0.2, 0.25) is 11.9 Å². The van der Waals surface area contributed by atoms with Gasteiger partial charge in [0.25, 0.3) is 5.91 Å². The van der Waals surface area contributed by atoms with E-state index in [1.807, 2.05) is 32.0 Å². The normalized spacial score (nSPS) is 21.1. The molecule has 0 aromatic heterocycles. The fourth-order valence-corrected chi connectivity index (χ4v) is 2.96. The maximum absolute atomic E-state index is 12.3. The van der Waals surface area contributed by atoms with Crippen molar-refractivity contribution in [3.63, 3.8) is 0 Å². The quantitative estimate of drug-likeness (QED) is 0.848. The molecule has 2 aliphatic rings. The lowest BCUT2D eigenvalue weighted by molar-refractivity contribution is -0.124. The van der Waals surface area contributed by atoms with E-state index in [4.69, 9.17) is 0 Å². The monoisotopic (exact) mass is 343 g/mol. The number of hydrogen-bond acceptors (Lipinski definition) is 5. The van der Waals surface area contributed by atoms with Crippen LogP contribution in [0.15, 0.2) is 23.2 Å². The zero-order valence-corrected chi connectivity index (χ0v) is 15.0. The number of carbonyl (C=O) groups is 2. The Morgan fingerprint density at radius 3 is 2.64 bits per heavy atom. The molecule has 0 saturated carbocycles. The molecule has 0 bridgehead atoms. The summed E-state index contributed by atoms with van der Waals surface area (Å²) in [6, 6.07) is 5.12. The van der Waals surface area contributed by atoms with Gasteiger partial charge < -0.3 is 15.1 Å². The fourth-order valence-electron chi connectivity index (χ4n) is 2.96. The van der Waals surface area contributed by atoms with E-state index in [9.17, 15) is 9.59 Å². The molecule has 2 N–H and O–H groups in total. The van der Waals surface area contributed by atoms with E-state index in [0.717, 1.165) is 37.4 Å². The van der Waals surface area contributed by atoms with E-state index in [1.165, 1.54) is 5.56 Å². The van der Waals surface area contributed by atoms with Crippen molar-refractivity contribution in [2.45, 2.75) is 26.3 Å². The Bertz CT molecular complexity index is 707. The lowest BCUT2D eigenvalue weighted by Crippen LogP contribution is -2.50. The molecule has 0 radical (unpaired) electrons. The van der Waals surface area contributed by atoms with Crippen LogP contribution in [0.4, 0.5) is 5.69 Å². The lowest BCUT2D eigenvalue weighted by Gasteiger charge is -2.33. The SMILES string of the molecule is Cc1ccc(NC(=O)CC2N=C(N3CCN(C)CC3)NC2=O)cc1C. The molecule has 25 heavy (non-hydrogen) atoms. The second kappa shape index (κ2) is 7.23. The minimum atomic E-state index is -0.652. The van der Waals surface area contributed by atoms with Gasteiger partial charge in [0.15, 0.2) is 0 Å². The summed E-state index contributed by atoms with van der Waals surface area (Å²) < 4.78 is 0. The second-order valence-electron chi connectivity index (χ2n) is 6.80. The van der Waals surface area contributed by atoms with Crippen LogP contribution in [-0.4, -0.2) is 66.8 Å². The highest BCUT2D eigenvalue weighted by atomic mass is 16.2. The number of hydrogen-bond donors (Lipinski definition) is 2. The van der Waals surface area contributed by atoms with Crippen LogP contribution in [0.3, 0.4) is 0 Å². The van der Waals surface area contributed by atoms with Gasteiger partial charge in [-0.25, -0.2) is 4.99 Å². The number of anilines is 1. The van der Waals surface area contributed by atoms with Crippen LogP contribution in [0.25, 0.3) is 0 Å². The third-order valence-corrected chi connectivity index (χ3v) is 4.79. The number of nitrogens with zero attached hydrogens (tertiary/aromatic N) is 3. The summed E-state index contributed by atoms with van der Waals surface area (Å²) in [7, 11) is 2.08. The number of carbonyl (C=O) groups excluding carboxylic acids is 2. The predicted octanol–water partition coefficient (Wildman–Crippen LogP) is 0.734. The van der Waals surface area contributed by atoms with Crippen molar-refractivity contribution in [2.24, 2.45) is 4.99 Å². The summed E-state index contributed by atoms with van der Waals surface area (Å²) in [5.74, 6) is 0.193. The van der Waals surface area contributed by atoms with E-state index >= 15 is 0 Å². The average molecular weight is 343 g/mol. The molecule has 1 unspecified atom stereocenters. The van der Waals surface area contributed by atoms with E-state index in [2.05, 4.69) is 32.5 Å². The molecule has 2 aliphatic heterocycles. The Morgan fingerprint density at radius 1 is 1.24 bits per heavy atom. The molecule has 1 saturated heterocycles. The van der Waals surface area contributed by atoms with Crippen molar-refractivity contribution in [3.05, 3.63) is 29.3 Å². The molecule has 1 fully saturated rings. The third kappa shape index (κ3) is 4.17. The van der Waals surface area contributed by atoms with Gasteiger partial charge in [-0.1, -0.05) is 6.07 Å². The number of guanidine groups is 1. The second-order valence-corrected chi connectivity index (χ2v) is 6.80. The highest BCUT2D eigenvalue weighted by Gasteiger charge is 2.31. The van der Waals surface area contributed by atoms with Crippen LogP contribution in [0.5, 0.6) is 0 Å². The average Bonchev–Trinajstić information content (AvgIpc) is 2.92. The Hall–Kier alpha value is -2.41. The van der Waals surface area contributed by atoms with Crippen molar-refractivity contribution >= 4 is 23.5 Å². The summed E-state index contributed by atoms with van der Waals surface area (Å²) in [6.45, 7) is 7.56. The lowest BCUT2D eigenvalue weighted by atomic mass is 10.1. The molecule has 134 valence electrons. The van der Waals surface area contributed by atoms with E-state index < -0.39 is 6.04 Å². The first-order chi connectivity index (χ1) is 11.9. The van der Waals surface area contributed by atoms with Crippen molar-refractivity contribution in [1.82, 2.24) is 15.1 Å². The summed E-state index contributed by atoms with van der Waals surface area (Å²) in [5.41, 5.74) is 3.04. The summed E-state index contributed by atoms with van der Waals surface area (Å²) in [6.07, 6.45) is 0.0516. The van der Waals surface area contributed by atoms with Gasteiger partial charge in [-0.2, -0.15) is 0 Å². The number of nitrogens with one attached hydrogen (secondary N) is 2. The standard InChI is InChI=1S/C18H25N5O2/c1-12-4-5-14(10-13(12)2)19-16(24)11-15-17(25)21-18(20-15)23-8-6-22(3)7-9-23/h4-5,10,15H,6-9,11H2,1-3H3,(H,19,24)(H,20,21,25). The van der Waals surface area contributed by atoms with E-state index in [0.29, 0.717) is 5.96 Å². The molecule has 2 heterocycles. The van der Waals surface area contributed by atoms with Crippen molar-refractivity contribution in [2.75, 3.05) is 38.5 Å². The number of amides is 2. The maximum Gasteiger partial charge on any atom is 0.252 e. The van der Waals surface area contributed by atoms with Crippen molar-refractivity contribution in [3.8, 4) is 0 Å². The topological polar surface area (TPSA) is 77.0 Å². The van der Waals surface area contributed by atoms with E-state index in [-0.39, 0.29) is 18.2 Å². The van der Waals surface area contributed by atoms with Gasteiger partial charge in [0.1, 0.15) is 6.04 Å². The van der Waals surface area contributed by atoms with E-state index in [1.54, 1.807) is 0 Å². The molecular formula is C18H25N5O2. The van der Waals surface area contributed by atoms with Crippen LogP contribution in [0.1, 0.15) is 17.5 Å². The molecular weight excluding hydrogens is 318 g/mol. The van der Waals surface area contributed by atoms with Gasteiger partial charge in [-0.15, -0.1) is 0 Å². The van der Waals surface area contributed by atoms with Crippen molar-refractivity contribution < 1.29 is 9.59 Å². The number of aryl methyl sites for hydroxylation is 2. The highest BCUT2D eigenvalue weighted by molar-refractivity contribution is 6.07. The zero-order chi connectivity index (χ0) is 18.0. The summed E-state index contributed by atoms with van der Waals surface area (Å²) in [5, 5.41) is 5.66. The Morgan fingerprint density at radius 2 is 1.96 bits per heavy atom. The maximum atomic E-state index is 12.3. The van der Waals surface area contributed by atoms with Crippen LogP contribution in [-0.2, 0) is 9.59 Å². The molecule has 1 aromatic rings. The highest BCUT2D eigenvalue weighted by Crippen LogP contribution is 2.16. The molecule has 7 nitrogen and oxygen atoms in total. The van der Waals surface area contributed by atoms with Crippen LogP contribution < -0.4 is 10.6 Å². The van der Waals surface area contributed by atoms with Gasteiger partial charge in [0, 0.05) is 31.9 Å². The van der Waals surface area contributed by atoms with Gasteiger partial charge in [0.05, 0.1) is 6.42 Å². The van der Waals surface area contributed by atoms with Gasteiger partial charge in [-0.3, -0.25) is 14.9 Å². The summed E-state index contributed by atoms with van der Waals surface area (Å²) in [4.78, 5) is 33.1. The molecule has 0 aliphatic carbocycles. The van der Waals surface area contributed by atoms with Crippen LogP contribution >= 0.6 is 0 Å². The number of likely N-dealkylation sites (N-methyl/N-ethyl adjacent to an activating group) is 1. The first-order valence-corrected chi connectivity index (χ1v) is 8.61. The first kappa shape index (κ1) is 17.4. The minimum absolute atomic E-state index is 0.0516. The summed E-state index contributed by atoms with van der Waals surface area (Å²) >= 11 is 0. The predicted molar refractivity (Wildman–Crippen MR) is 97.6 cm³/mol. The van der Waals surface area contributed by atoms with Gasteiger partial charge >= 0.3 is 0 Å². The Labute approximate surface area is 148 Å². The number of benzene rings is 1. The zero-order valence-electron chi connectivity index (χ0n) is 15.0. The number of piperazine rings is 1. The molecule has 0 spiro atoms. The first-order valence-electron chi connectivity index (χ1n) is 8.61. The fraction of sp³-hybridized carbons (Fsp3) is 0.500. The molecule has 2 amide bonds. The Kier molecular flexibility index (Phi) is 5.03.